The number of aryl methyl sites for hydroxylation is 1. The first-order valence-corrected chi connectivity index (χ1v) is 8.65. The molecule has 0 spiro atoms. The van der Waals surface area contributed by atoms with Crippen molar-refractivity contribution in [1.82, 2.24) is 5.32 Å². The zero-order valence-corrected chi connectivity index (χ0v) is 14.4. The molecule has 0 bridgehead atoms. The third-order valence-electron chi connectivity index (χ3n) is 4.94. The number of benzene rings is 2. The Morgan fingerprint density at radius 1 is 1.08 bits per heavy atom. The summed E-state index contributed by atoms with van der Waals surface area (Å²) in [7, 11) is 1.66. The quantitative estimate of drug-likeness (QED) is 0.606. The number of methoxy groups -OCH3 is 1. The molecule has 1 aliphatic heterocycles. The van der Waals surface area contributed by atoms with Gasteiger partial charge in [0.1, 0.15) is 5.75 Å². The molecule has 1 aliphatic rings. The van der Waals surface area contributed by atoms with Crippen molar-refractivity contribution in [2.45, 2.75) is 43.9 Å². The van der Waals surface area contributed by atoms with Crippen molar-refractivity contribution in [3.8, 4) is 17.2 Å². The smallest absolute Gasteiger partial charge is 0.157 e. The minimum atomic E-state index is -0.697. The van der Waals surface area contributed by atoms with Gasteiger partial charge in [-0.3, -0.25) is 0 Å². The standard InChI is InChI=1S/C20H25NO4/c1-25-16-8-3-13(4-9-16)2-6-15-7-10-17(21-15)20(24)14-5-11-18(22)19(23)12-14/h3-5,8-9,11-12,15,17,20-24H,2,6-7,10H2,1H3/t15-,17-,20?/m1/s1. The molecule has 0 radical (unpaired) electrons. The van der Waals surface area contributed by atoms with E-state index >= 15 is 0 Å². The maximum Gasteiger partial charge on any atom is 0.157 e. The number of rotatable bonds is 6. The average molecular weight is 343 g/mol. The second-order valence-corrected chi connectivity index (χ2v) is 6.63. The number of aromatic hydroxyl groups is 2. The minimum Gasteiger partial charge on any atom is -0.504 e. The summed E-state index contributed by atoms with van der Waals surface area (Å²) >= 11 is 0. The van der Waals surface area contributed by atoms with Gasteiger partial charge in [0.15, 0.2) is 11.5 Å². The molecule has 5 heteroatoms. The zero-order chi connectivity index (χ0) is 17.8. The van der Waals surface area contributed by atoms with Crippen molar-refractivity contribution in [2.75, 3.05) is 7.11 Å². The van der Waals surface area contributed by atoms with E-state index in [1.165, 1.54) is 17.7 Å². The van der Waals surface area contributed by atoms with Gasteiger partial charge >= 0.3 is 0 Å². The second kappa shape index (κ2) is 7.76. The number of hydrogen-bond donors (Lipinski definition) is 4. The highest BCUT2D eigenvalue weighted by atomic mass is 16.5. The largest absolute Gasteiger partial charge is 0.504 e. The van der Waals surface area contributed by atoms with E-state index in [1.54, 1.807) is 13.2 Å². The van der Waals surface area contributed by atoms with Crippen LogP contribution in [-0.2, 0) is 6.42 Å². The van der Waals surface area contributed by atoms with E-state index in [1.807, 2.05) is 12.1 Å². The van der Waals surface area contributed by atoms with Gasteiger partial charge in [-0.2, -0.15) is 0 Å². The first kappa shape index (κ1) is 17.6. The van der Waals surface area contributed by atoms with Crippen LogP contribution in [0.3, 0.4) is 0 Å². The maximum atomic E-state index is 10.5. The highest BCUT2D eigenvalue weighted by Crippen LogP contribution is 2.32. The molecule has 3 atom stereocenters. The van der Waals surface area contributed by atoms with Gasteiger partial charge in [-0.25, -0.2) is 0 Å². The molecular formula is C20H25NO4. The van der Waals surface area contributed by atoms with Crippen LogP contribution in [0.15, 0.2) is 42.5 Å². The van der Waals surface area contributed by atoms with Crippen LogP contribution in [0.2, 0.25) is 0 Å². The summed E-state index contributed by atoms with van der Waals surface area (Å²) in [5.41, 5.74) is 1.89. The minimum absolute atomic E-state index is 0.0372. The Balaban J connectivity index is 1.52. The summed E-state index contributed by atoms with van der Waals surface area (Å²) in [6, 6.07) is 12.9. The molecule has 3 rings (SSSR count). The van der Waals surface area contributed by atoms with Crippen molar-refractivity contribution in [3.63, 3.8) is 0 Å². The summed E-state index contributed by atoms with van der Waals surface area (Å²) in [6.07, 6.45) is 3.19. The number of aliphatic hydroxyl groups excluding tert-OH is 1. The number of nitrogens with one attached hydrogen (secondary N) is 1. The van der Waals surface area contributed by atoms with Gasteiger partial charge < -0.3 is 25.4 Å². The van der Waals surface area contributed by atoms with E-state index in [2.05, 4.69) is 17.4 Å². The fraction of sp³-hybridized carbons (Fsp3) is 0.400. The lowest BCUT2D eigenvalue weighted by atomic mass is 10.0. The predicted molar refractivity (Wildman–Crippen MR) is 96.0 cm³/mol. The van der Waals surface area contributed by atoms with Crippen LogP contribution in [0.1, 0.15) is 36.5 Å². The summed E-state index contributed by atoms with van der Waals surface area (Å²) in [6.45, 7) is 0. The average Bonchev–Trinajstić information content (AvgIpc) is 3.11. The van der Waals surface area contributed by atoms with Gasteiger partial charge in [0.2, 0.25) is 0 Å². The van der Waals surface area contributed by atoms with Gasteiger partial charge in [0.05, 0.1) is 13.2 Å². The monoisotopic (exact) mass is 343 g/mol. The fourth-order valence-corrected chi connectivity index (χ4v) is 3.42. The highest BCUT2D eigenvalue weighted by molar-refractivity contribution is 5.41. The van der Waals surface area contributed by atoms with Gasteiger partial charge in [0, 0.05) is 12.1 Å². The van der Waals surface area contributed by atoms with Crippen LogP contribution < -0.4 is 10.1 Å². The van der Waals surface area contributed by atoms with Crippen LogP contribution in [-0.4, -0.2) is 34.5 Å². The lowest BCUT2D eigenvalue weighted by Crippen LogP contribution is -2.34. The van der Waals surface area contributed by atoms with Crippen LogP contribution in [0, 0.1) is 0 Å². The number of phenolic OH excluding ortho intramolecular Hbond substituents is 2. The molecule has 1 saturated heterocycles. The van der Waals surface area contributed by atoms with Crippen molar-refractivity contribution in [1.29, 1.82) is 0 Å². The van der Waals surface area contributed by atoms with Crippen LogP contribution in [0.4, 0.5) is 0 Å². The predicted octanol–water partition coefficient (Wildman–Crippen LogP) is 2.89. The molecule has 0 aliphatic carbocycles. The van der Waals surface area contributed by atoms with Crippen LogP contribution in [0.25, 0.3) is 0 Å². The molecule has 0 saturated carbocycles. The fourth-order valence-electron chi connectivity index (χ4n) is 3.42. The third kappa shape index (κ3) is 4.24. The Morgan fingerprint density at radius 2 is 1.84 bits per heavy atom. The summed E-state index contributed by atoms with van der Waals surface area (Å²) < 4.78 is 5.17. The second-order valence-electron chi connectivity index (χ2n) is 6.63. The molecule has 1 heterocycles. The summed E-state index contributed by atoms with van der Waals surface area (Å²) in [4.78, 5) is 0. The number of phenols is 2. The molecule has 1 fully saturated rings. The van der Waals surface area contributed by atoms with E-state index in [0.717, 1.165) is 31.4 Å². The first-order valence-electron chi connectivity index (χ1n) is 8.65. The summed E-state index contributed by atoms with van der Waals surface area (Å²) in [5.74, 6) is 0.487. The van der Waals surface area contributed by atoms with E-state index in [0.29, 0.717) is 11.6 Å². The number of hydrogen-bond acceptors (Lipinski definition) is 5. The van der Waals surface area contributed by atoms with Gasteiger partial charge in [0.25, 0.3) is 0 Å². The maximum absolute atomic E-state index is 10.5. The van der Waals surface area contributed by atoms with E-state index < -0.39 is 6.10 Å². The van der Waals surface area contributed by atoms with Gasteiger partial charge in [-0.15, -0.1) is 0 Å². The Hall–Kier alpha value is -2.24. The van der Waals surface area contributed by atoms with Gasteiger partial charge in [-0.1, -0.05) is 18.2 Å². The molecule has 2 aromatic rings. The van der Waals surface area contributed by atoms with E-state index in [4.69, 9.17) is 4.74 Å². The molecule has 0 amide bonds. The van der Waals surface area contributed by atoms with Crippen molar-refractivity contribution in [2.24, 2.45) is 0 Å². The third-order valence-corrected chi connectivity index (χ3v) is 4.94. The van der Waals surface area contributed by atoms with Crippen molar-refractivity contribution < 1.29 is 20.1 Å². The Morgan fingerprint density at radius 3 is 2.52 bits per heavy atom. The SMILES string of the molecule is COc1ccc(CC[C@@H]2CC[C@H](C(O)c3ccc(O)c(O)c3)N2)cc1. The van der Waals surface area contributed by atoms with Gasteiger partial charge in [-0.05, 0) is 61.1 Å². The van der Waals surface area contributed by atoms with Crippen LogP contribution in [0.5, 0.6) is 17.2 Å². The van der Waals surface area contributed by atoms with Crippen molar-refractivity contribution >= 4 is 0 Å². The number of aliphatic hydroxyl groups is 1. The van der Waals surface area contributed by atoms with E-state index in [9.17, 15) is 15.3 Å². The highest BCUT2D eigenvalue weighted by Gasteiger charge is 2.30. The molecule has 25 heavy (non-hydrogen) atoms. The Labute approximate surface area is 147 Å². The molecule has 0 aromatic heterocycles. The zero-order valence-electron chi connectivity index (χ0n) is 14.4. The molecular weight excluding hydrogens is 318 g/mol. The van der Waals surface area contributed by atoms with Crippen molar-refractivity contribution in [3.05, 3.63) is 53.6 Å². The topological polar surface area (TPSA) is 82.0 Å². The molecule has 5 nitrogen and oxygen atoms in total. The lowest BCUT2D eigenvalue weighted by molar-refractivity contribution is 0.134. The summed E-state index contributed by atoms with van der Waals surface area (Å²) in [5, 5.41) is 33.0. The van der Waals surface area contributed by atoms with E-state index in [-0.39, 0.29) is 17.5 Å². The number of ether oxygens (including phenoxy) is 1. The van der Waals surface area contributed by atoms with Crippen LogP contribution >= 0.6 is 0 Å². The molecule has 134 valence electrons. The first-order chi connectivity index (χ1) is 12.1. The Kier molecular flexibility index (Phi) is 5.46. The molecule has 4 N–H and O–H groups in total. The normalized spacial score (nSPS) is 21.2. The lowest BCUT2D eigenvalue weighted by Gasteiger charge is -2.21. The molecule has 1 unspecified atom stereocenters. The Bertz CT molecular complexity index is 701. The molecule has 2 aromatic carbocycles.